The minimum absolute atomic E-state index is 0.171. The van der Waals surface area contributed by atoms with Gasteiger partial charge in [0.1, 0.15) is 12.6 Å². The molecule has 1 aromatic rings. The van der Waals surface area contributed by atoms with E-state index in [1.54, 1.807) is 19.3 Å². The van der Waals surface area contributed by atoms with Gasteiger partial charge >= 0.3 is 11.9 Å². The van der Waals surface area contributed by atoms with Crippen LogP contribution in [0.1, 0.15) is 25.1 Å². The van der Waals surface area contributed by atoms with Crippen molar-refractivity contribution in [2.45, 2.75) is 38.8 Å². The first-order valence-corrected chi connectivity index (χ1v) is 11.0. The van der Waals surface area contributed by atoms with Gasteiger partial charge in [0.15, 0.2) is 0 Å². The van der Waals surface area contributed by atoms with Gasteiger partial charge in [-0.15, -0.1) is 23.1 Å². The standard InChI is InChI=1S/C19H24N2O6S2/c1-3-27-16(25)6-8-28-11-12(2)18-17(19(26)21(18)10-15(23)24)20-14(22)9-13-5-4-7-29-13/h4-5,7,11,17-18H,3,6,8-10H2,1-2H3,(H,20,22)(H,23,24). The van der Waals surface area contributed by atoms with Crippen LogP contribution >= 0.6 is 23.1 Å². The second-order valence-electron chi connectivity index (χ2n) is 6.39. The third kappa shape index (κ3) is 6.60. The first-order valence-electron chi connectivity index (χ1n) is 9.11. The van der Waals surface area contributed by atoms with Crippen molar-refractivity contribution >= 4 is 46.9 Å². The van der Waals surface area contributed by atoms with Crippen LogP contribution in [-0.4, -0.2) is 64.7 Å². The number of carbonyl (C=O) groups is 4. The molecule has 10 heteroatoms. The van der Waals surface area contributed by atoms with Crippen LogP contribution in [0.2, 0.25) is 0 Å². The highest BCUT2D eigenvalue weighted by Crippen LogP contribution is 2.28. The Morgan fingerprint density at radius 3 is 2.79 bits per heavy atom. The summed E-state index contributed by atoms with van der Waals surface area (Å²) >= 11 is 2.83. The molecular formula is C19H24N2O6S2. The van der Waals surface area contributed by atoms with Crippen molar-refractivity contribution < 1.29 is 29.0 Å². The summed E-state index contributed by atoms with van der Waals surface area (Å²) in [5.74, 6) is -1.59. The predicted octanol–water partition coefficient (Wildman–Crippen LogP) is 1.66. The molecule has 2 rings (SSSR count). The van der Waals surface area contributed by atoms with Crippen LogP contribution in [0.5, 0.6) is 0 Å². The molecule has 158 valence electrons. The zero-order chi connectivity index (χ0) is 21.4. The van der Waals surface area contributed by atoms with Gasteiger partial charge in [-0.1, -0.05) is 6.07 Å². The zero-order valence-electron chi connectivity index (χ0n) is 16.3. The Hall–Kier alpha value is -2.33. The number of likely N-dealkylation sites (tertiary alicyclic amines) is 1. The number of β-lactam (4-membered cyclic amide) rings is 1. The van der Waals surface area contributed by atoms with Gasteiger partial charge < -0.3 is 20.1 Å². The summed E-state index contributed by atoms with van der Waals surface area (Å²) in [6.45, 7) is 3.42. The largest absolute Gasteiger partial charge is 0.480 e. The fourth-order valence-electron chi connectivity index (χ4n) is 2.95. The lowest BCUT2D eigenvalue weighted by Crippen LogP contribution is -2.71. The quantitative estimate of drug-likeness (QED) is 0.306. The molecular weight excluding hydrogens is 416 g/mol. The van der Waals surface area contributed by atoms with Crippen LogP contribution < -0.4 is 5.32 Å². The SMILES string of the molecule is CCOC(=O)CCSC=C(C)C1C(NC(=O)Cc2cccs2)C(=O)N1CC(=O)O. The Morgan fingerprint density at radius 2 is 2.17 bits per heavy atom. The van der Waals surface area contributed by atoms with E-state index in [0.29, 0.717) is 12.4 Å². The number of nitrogens with zero attached hydrogens (tertiary/aromatic N) is 1. The summed E-state index contributed by atoms with van der Waals surface area (Å²) in [5.41, 5.74) is 0.751. The monoisotopic (exact) mass is 440 g/mol. The summed E-state index contributed by atoms with van der Waals surface area (Å²) in [7, 11) is 0. The molecule has 2 heterocycles. The molecule has 8 nitrogen and oxygen atoms in total. The second-order valence-corrected chi connectivity index (χ2v) is 8.40. The Morgan fingerprint density at radius 1 is 1.41 bits per heavy atom. The molecule has 29 heavy (non-hydrogen) atoms. The molecule has 2 N–H and O–H groups in total. The zero-order valence-corrected chi connectivity index (χ0v) is 17.9. The van der Waals surface area contributed by atoms with Gasteiger partial charge in [0, 0.05) is 10.6 Å². The van der Waals surface area contributed by atoms with E-state index >= 15 is 0 Å². The van der Waals surface area contributed by atoms with E-state index in [4.69, 9.17) is 9.84 Å². The number of carboxylic acids is 1. The normalized spacial score (nSPS) is 18.9. The number of amides is 2. The number of carboxylic acid groups (broad SMARTS) is 1. The molecule has 0 bridgehead atoms. The van der Waals surface area contributed by atoms with Crippen LogP contribution in [0, 0.1) is 0 Å². The van der Waals surface area contributed by atoms with Crippen LogP contribution in [0.4, 0.5) is 0 Å². The summed E-state index contributed by atoms with van der Waals surface area (Å²) in [6.07, 6.45) is 0.426. The fourth-order valence-corrected chi connectivity index (χ4v) is 4.46. The molecule has 2 unspecified atom stereocenters. The van der Waals surface area contributed by atoms with Crippen molar-refractivity contribution in [3.05, 3.63) is 33.4 Å². The third-order valence-electron chi connectivity index (χ3n) is 4.20. The first kappa shape index (κ1) is 23.0. The predicted molar refractivity (Wildman–Crippen MR) is 111 cm³/mol. The van der Waals surface area contributed by atoms with Crippen molar-refractivity contribution in [1.29, 1.82) is 0 Å². The number of hydrogen-bond donors (Lipinski definition) is 2. The number of rotatable bonds is 11. The van der Waals surface area contributed by atoms with Gasteiger partial charge in [0.05, 0.1) is 25.5 Å². The van der Waals surface area contributed by atoms with Gasteiger partial charge in [-0.05, 0) is 36.3 Å². The van der Waals surface area contributed by atoms with E-state index in [0.717, 1.165) is 10.5 Å². The van der Waals surface area contributed by atoms with Crippen LogP contribution in [-0.2, 0) is 30.3 Å². The molecule has 1 aliphatic rings. The molecule has 0 spiro atoms. The van der Waals surface area contributed by atoms with Gasteiger partial charge in [0.2, 0.25) is 11.8 Å². The number of aliphatic carboxylic acids is 1. The van der Waals surface area contributed by atoms with E-state index < -0.39 is 30.5 Å². The maximum absolute atomic E-state index is 12.4. The van der Waals surface area contributed by atoms with Crippen molar-refractivity contribution in [3.8, 4) is 0 Å². The maximum atomic E-state index is 12.4. The number of thioether (sulfide) groups is 1. The Kier molecular flexibility index (Phi) is 8.71. The van der Waals surface area contributed by atoms with Crippen molar-refractivity contribution in [1.82, 2.24) is 10.2 Å². The molecule has 1 aromatic heterocycles. The summed E-state index contributed by atoms with van der Waals surface area (Å²) in [6, 6.07) is 2.37. The molecule has 0 saturated carbocycles. The molecule has 1 aliphatic heterocycles. The van der Waals surface area contributed by atoms with Crippen LogP contribution in [0.25, 0.3) is 0 Å². The van der Waals surface area contributed by atoms with Crippen molar-refractivity contribution in [2.24, 2.45) is 0 Å². The Balaban J connectivity index is 1.98. The van der Waals surface area contributed by atoms with E-state index in [1.807, 2.05) is 17.5 Å². The Bertz CT molecular complexity index is 778. The number of ether oxygens (including phenoxy) is 1. The van der Waals surface area contributed by atoms with E-state index in [2.05, 4.69) is 5.32 Å². The highest BCUT2D eigenvalue weighted by molar-refractivity contribution is 8.02. The van der Waals surface area contributed by atoms with Gasteiger partial charge in [-0.3, -0.25) is 19.2 Å². The summed E-state index contributed by atoms with van der Waals surface area (Å²) in [5, 5.41) is 15.5. The van der Waals surface area contributed by atoms with Crippen LogP contribution in [0.15, 0.2) is 28.5 Å². The minimum atomic E-state index is -1.12. The maximum Gasteiger partial charge on any atom is 0.323 e. The van der Waals surface area contributed by atoms with Gasteiger partial charge in [0.25, 0.3) is 0 Å². The lowest BCUT2D eigenvalue weighted by Gasteiger charge is -2.47. The summed E-state index contributed by atoms with van der Waals surface area (Å²) in [4.78, 5) is 49.3. The molecule has 1 saturated heterocycles. The topological polar surface area (TPSA) is 113 Å². The lowest BCUT2D eigenvalue weighted by molar-refractivity contribution is -0.157. The average molecular weight is 441 g/mol. The highest BCUT2D eigenvalue weighted by atomic mass is 32.2. The Labute approximate surface area is 177 Å². The summed E-state index contributed by atoms with van der Waals surface area (Å²) < 4.78 is 4.87. The number of carbonyl (C=O) groups excluding carboxylic acids is 3. The second kappa shape index (κ2) is 11.0. The van der Waals surface area contributed by atoms with Gasteiger partial charge in [-0.2, -0.15) is 0 Å². The van der Waals surface area contributed by atoms with E-state index in [9.17, 15) is 19.2 Å². The molecule has 0 radical (unpaired) electrons. The molecule has 2 atom stereocenters. The van der Waals surface area contributed by atoms with E-state index in [-0.39, 0.29) is 24.7 Å². The third-order valence-corrected chi connectivity index (χ3v) is 6.06. The first-order chi connectivity index (χ1) is 13.8. The fraction of sp³-hybridized carbons (Fsp3) is 0.474. The van der Waals surface area contributed by atoms with Gasteiger partial charge in [-0.25, -0.2) is 0 Å². The van der Waals surface area contributed by atoms with Crippen molar-refractivity contribution in [2.75, 3.05) is 18.9 Å². The average Bonchev–Trinajstić information content (AvgIpc) is 3.16. The number of thiophene rings is 1. The molecule has 1 fully saturated rings. The van der Waals surface area contributed by atoms with Crippen LogP contribution in [0.3, 0.4) is 0 Å². The number of esters is 1. The highest BCUT2D eigenvalue weighted by Gasteiger charge is 2.49. The van der Waals surface area contributed by atoms with E-state index in [1.165, 1.54) is 28.0 Å². The molecule has 0 aromatic carbocycles. The minimum Gasteiger partial charge on any atom is -0.480 e. The molecule has 0 aliphatic carbocycles. The van der Waals surface area contributed by atoms with Crippen molar-refractivity contribution in [3.63, 3.8) is 0 Å². The number of hydrogen-bond acceptors (Lipinski definition) is 7. The number of nitrogens with one attached hydrogen (secondary N) is 1. The lowest BCUT2D eigenvalue weighted by atomic mass is 9.89. The smallest absolute Gasteiger partial charge is 0.323 e. The molecule has 2 amide bonds.